The molecule has 2 saturated carbocycles. The van der Waals surface area contributed by atoms with Gasteiger partial charge in [0.05, 0.1) is 6.10 Å². The molecular weight excluding hydrogens is 329 g/mol. The van der Waals surface area contributed by atoms with Gasteiger partial charge in [0.25, 0.3) is 0 Å². The maximum absolute atomic E-state index is 14.3. The Balaban J connectivity index is 1.42. The van der Waals surface area contributed by atoms with Gasteiger partial charge in [-0.15, -0.1) is 0 Å². The van der Waals surface area contributed by atoms with Crippen molar-refractivity contribution in [3.05, 3.63) is 12.3 Å². The van der Waals surface area contributed by atoms with Gasteiger partial charge in [0.15, 0.2) is 0 Å². The Morgan fingerprint density at radius 3 is 2.20 bits per heavy atom. The van der Waals surface area contributed by atoms with Gasteiger partial charge in [-0.3, -0.25) is 0 Å². The molecule has 1 aliphatic heterocycles. The van der Waals surface area contributed by atoms with Gasteiger partial charge in [-0.25, -0.2) is 4.39 Å². The summed E-state index contributed by atoms with van der Waals surface area (Å²) in [5.74, 6) is 2.31. The van der Waals surface area contributed by atoms with Crippen molar-refractivity contribution in [1.82, 2.24) is 0 Å². The van der Waals surface area contributed by atoms with Crippen molar-refractivity contribution in [2.75, 3.05) is 6.61 Å². The molecule has 0 amide bonds. The third-order valence-electron chi connectivity index (χ3n) is 6.63. The molecule has 0 bridgehead atoms. The lowest BCUT2D eigenvalue weighted by Gasteiger charge is -2.41. The van der Waals surface area contributed by atoms with Crippen LogP contribution in [0.5, 0.6) is 0 Å². The van der Waals surface area contributed by atoms with Gasteiger partial charge < -0.3 is 9.47 Å². The first-order valence-electron chi connectivity index (χ1n) is 9.95. The summed E-state index contributed by atoms with van der Waals surface area (Å²) in [6, 6.07) is 0. The number of alkyl halides is 1. The fourth-order valence-corrected chi connectivity index (χ4v) is 5.10. The molecule has 2 aliphatic carbocycles. The summed E-state index contributed by atoms with van der Waals surface area (Å²) < 4.78 is 49.4. The molecule has 0 aromatic rings. The largest absolute Gasteiger partial charge is 0.489 e. The van der Waals surface area contributed by atoms with E-state index in [0.717, 1.165) is 25.9 Å². The molecule has 144 valence electrons. The Bertz CT molecular complexity index is 436. The first-order valence-corrected chi connectivity index (χ1v) is 9.95. The predicted molar refractivity (Wildman–Crippen MR) is 91.0 cm³/mol. The van der Waals surface area contributed by atoms with Crippen molar-refractivity contribution in [3.8, 4) is 0 Å². The third kappa shape index (κ3) is 5.15. The minimum atomic E-state index is -1.90. The third-order valence-corrected chi connectivity index (χ3v) is 6.63. The highest BCUT2D eigenvalue weighted by Crippen LogP contribution is 2.43. The number of hydrogen-bond donors (Lipinski definition) is 0. The second kappa shape index (κ2) is 8.79. The van der Waals surface area contributed by atoms with E-state index >= 15 is 0 Å². The summed E-state index contributed by atoms with van der Waals surface area (Å²) in [6.45, 7) is 3.14. The van der Waals surface area contributed by atoms with Crippen LogP contribution < -0.4 is 0 Å². The highest BCUT2D eigenvalue weighted by molar-refractivity contribution is 4.89. The molecule has 5 atom stereocenters. The van der Waals surface area contributed by atoms with E-state index in [1.165, 1.54) is 25.7 Å². The lowest BCUT2D eigenvalue weighted by molar-refractivity contribution is -0.0598. The summed E-state index contributed by atoms with van der Waals surface area (Å²) in [5, 5.41) is 0. The molecule has 0 aromatic heterocycles. The van der Waals surface area contributed by atoms with Crippen LogP contribution >= 0.6 is 0 Å². The van der Waals surface area contributed by atoms with Crippen LogP contribution in [0.3, 0.4) is 0 Å². The molecule has 3 rings (SSSR count). The zero-order chi connectivity index (χ0) is 17.8. The quantitative estimate of drug-likeness (QED) is 0.584. The van der Waals surface area contributed by atoms with Gasteiger partial charge in [0.2, 0.25) is 0 Å². The summed E-state index contributed by atoms with van der Waals surface area (Å²) in [7, 11) is 0. The van der Waals surface area contributed by atoms with E-state index in [1.807, 2.05) is 0 Å². The molecule has 2 nitrogen and oxygen atoms in total. The zero-order valence-electron chi connectivity index (χ0n) is 15.1. The minimum Gasteiger partial charge on any atom is -0.489 e. The maximum Gasteiger partial charge on any atom is 0.304 e. The SMILES string of the molecule is CC1CCC(C2CCC(C3CCC(OC=C(F)F)C(F)C3)CC2)OC1. The van der Waals surface area contributed by atoms with Crippen molar-refractivity contribution >= 4 is 0 Å². The normalized spacial score (nSPS) is 42.6. The van der Waals surface area contributed by atoms with Crippen LogP contribution in [0, 0.1) is 23.7 Å². The zero-order valence-corrected chi connectivity index (χ0v) is 15.1. The smallest absolute Gasteiger partial charge is 0.304 e. The number of ether oxygens (including phenoxy) is 2. The summed E-state index contributed by atoms with van der Waals surface area (Å²) in [4.78, 5) is 0. The molecule has 3 fully saturated rings. The maximum atomic E-state index is 14.3. The predicted octanol–water partition coefficient (Wildman–Crippen LogP) is 5.87. The van der Waals surface area contributed by atoms with E-state index in [0.29, 0.717) is 48.9 Å². The fraction of sp³-hybridized carbons (Fsp3) is 0.900. The molecule has 0 radical (unpaired) electrons. The summed E-state index contributed by atoms with van der Waals surface area (Å²) >= 11 is 0. The average Bonchev–Trinajstić information content (AvgIpc) is 2.61. The monoisotopic (exact) mass is 360 g/mol. The van der Waals surface area contributed by atoms with Gasteiger partial charge in [-0.1, -0.05) is 6.92 Å². The van der Waals surface area contributed by atoms with Gasteiger partial charge in [-0.2, -0.15) is 8.78 Å². The first-order chi connectivity index (χ1) is 12.0. The van der Waals surface area contributed by atoms with Crippen LogP contribution in [0.4, 0.5) is 13.2 Å². The Morgan fingerprint density at radius 2 is 1.60 bits per heavy atom. The second-order valence-corrected chi connectivity index (χ2v) is 8.40. The van der Waals surface area contributed by atoms with Crippen molar-refractivity contribution in [2.24, 2.45) is 23.7 Å². The van der Waals surface area contributed by atoms with Crippen molar-refractivity contribution in [1.29, 1.82) is 0 Å². The van der Waals surface area contributed by atoms with Crippen LogP contribution in [0.15, 0.2) is 12.3 Å². The van der Waals surface area contributed by atoms with E-state index in [2.05, 4.69) is 6.92 Å². The molecule has 1 heterocycles. The average molecular weight is 360 g/mol. The van der Waals surface area contributed by atoms with Crippen molar-refractivity contribution in [3.63, 3.8) is 0 Å². The number of rotatable bonds is 4. The Labute approximate surface area is 149 Å². The molecule has 25 heavy (non-hydrogen) atoms. The number of halogens is 3. The highest BCUT2D eigenvalue weighted by Gasteiger charge is 2.38. The molecule has 3 aliphatic rings. The van der Waals surface area contributed by atoms with E-state index in [-0.39, 0.29) is 0 Å². The number of hydrogen-bond acceptors (Lipinski definition) is 2. The topological polar surface area (TPSA) is 18.5 Å². The highest BCUT2D eigenvalue weighted by atomic mass is 19.3. The molecule has 5 heteroatoms. The van der Waals surface area contributed by atoms with Crippen molar-refractivity contribution in [2.45, 2.75) is 83.1 Å². The lowest BCUT2D eigenvalue weighted by Crippen LogP contribution is -2.38. The fourth-order valence-electron chi connectivity index (χ4n) is 5.10. The van der Waals surface area contributed by atoms with Crippen LogP contribution in [0.2, 0.25) is 0 Å². The second-order valence-electron chi connectivity index (χ2n) is 8.40. The molecular formula is C20H31F3O2. The van der Waals surface area contributed by atoms with E-state index in [4.69, 9.17) is 9.47 Å². The molecule has 1 saturated heterocycles. The van der Waals surface area contributed by atoms with Crippen LogP contribution in [-0.4, -0.2) is 25.0 Å². The van der Waals surface area contributed by atoms with E-state index in [1.54, 1.807) is 0 Å². The van der Waals surface area contributed by atoms with Crippen LogP contribution in [0.25, 0.3) is 0 Å². The van der Waals surface area contributed by atoms with Crippen LogP contribution in [0.1, 0.15) is 64.7 Å². The van der Waals surface area contributed by atoms with Crippen LogP contribution in [-0.2, 0) is 9.47 Å². The Morgan fingerprint density at radius 1 is 0.920 bits per heavy atom. The Hall–Kier alpha value is -0.710. The minimum absolute atomic E-state index is 0.377. The van der Waals surface area contributed by atoms with Gasteiger partial charge in [0, 0.05) is 6.61 Å². The first kappa shape index (κ1) is 19.1. The summed E-state index contributed by atoms with van der Waals surface area (Å²) in [5.41, 5.74) is 0. The molecule has 0 N–H and O–H groups in total. The van der Waals surface area contributed by atoms with Gasteiger partial charge in [-0.05, 0) is 81.5 Å². The van der Waals surface area contributed by atoms with Crippen molar-refractivity contribution < 1.29 is 22.6 Å². The van der Waals surface area contributed by atoms with E-state index < -0.39 is 18.4 Å². The lowest BCUT2D eigenvalue weighted by atomic mass is 9.69. The van der Waals surface area contributed by atoms with Gasteiger partial charge in [0.1, 0.15) is 18.5 Å². The standard InChI is InChI=1S/C20H31F3O2/c1-13-2-8-18(24-11-13)15-5-3-14(4-6-15)16-7-9-19(17(21)10-16)25-12-20(22)23/h12-19H,2-11H2,1H3. The molecule has 0 spiro atoms. The van der Waals surface area contributed by atoms with Gasteiger partial charge >= 0.3 is 6.08 Å². The Kier molecular flexibility index (Phi) is 6.70. The van der Waals surface area contributed by atoms with E-state index in [9.17, 15) is 13.2 Å². The summed E-state index contributed by atoms with van der Waals surface area (Å²) in [6.07, 6.45) is 6.12. The molecule has 5 unspecified atom stereocenters. The molecule has 0 aromatic carbocycles.